The number of pyridine rings is 1. The molecule has 2 N–H and O–H groups in total. The van der Waals surface area contributed by atoms with E-state index in [1.807, 2.05) is 22.9 Å². The fraction of sp³-hybridized carbons (Fsp3) is 0.263. The molecule has 0 saturated heterocycles. The van der Waals surface area contributed by atoms with Crippen LogP contribution in [0.5, 0.6) is 0 Å². The second-order valence-corrected chi connectivity index (χ2v) is 6.90. The van der Waals surface area contributed by atoms with Crippen molar-refractivity contribution >= 4 is 11.6 Å². The molecule has 1 aliphatic rings. The summed E-state index contributed by atoms with van der Waals surface area (Å²) in [6.45, 7) is 3.57. The predicted molar refractivity (Wildman–Crippen MR) is 98.2 cm³/mol. The molecule has 0 aliphatic carbocycles. The van der Waals surface area contributed by atoms with E-state index in [2.05, 4.69) is 20.9 Å². The Hall–Kier alpha value is -2.25. The molecule has 0 spiro atoms. The number of imidazole rings is 1. The topological polar surface area (TPSA) is 74.4 Å². The predicted octanol–water partition coefficient (Wildman–Crippen LogP) is 2.60. The van der Waals surface area contributed by atoms with Crippen LogP contribution in [0.25, 0.3) is 11.4 Å². The van der Waals surface area contributed by atoms with E-state index in [1.54, 1.807) is 24.7 Å². The Balaban J connectivity index is 1.40. The van der Waals surface area contributed by atoms with Crippen molar-refractivity contribution in [2.75, 3.05) is 6.54 Å². The van der Waals surface area contributed by atoms with Crippen LogP contribution in [-0.4, -0.2) is 36.2 Å². The summed E-state index contributed by atoms with van der Waals surface area (Å²) in [7, 11) is 0. The molecule has 3 aromatic rings. The molecule has 0 fully saturated rings. The van der Waals surface area contributed by atoms with Gasteiger partial charge < -0.3 is 14.8 Å². The van der Waals surface area contributed by atoms with Gasteiger partial charge in [-0.25, -0.2) is 4.98 Å². The molecule has 0 radical (unpaired) electrons. The van der Waals surface area contributed by atoms with E-state index in [1.165, 1.54) is 11.1 Å². The van der Waals surface area contributed by atoms with Crippen LogP contribution in [0.15, 0.2) is 49.1 Å². The van der Waals surface area contributed by atoms with Crippen LogP contribution in [0.1, 0.15) is 23.0 Å². The Bertz CT molecular complexity index is 925. The lowest BCUT2D eigenvalue weighted by atomic mass is 10.1. The van der Waals surface area contributed by atoms with Crippen molar-refractivity contribution in [3.63, 3.8) is 0 Å². The normalized spacial score (nSPS) is 14.2. The van der Waals surface area contributed by atoms with Gasteiger partial charge in [-0.15, -0.1) is 0 Å². The maximum absolute atomic E-state index is 9.29. The first-order valence-electron chi connectivity index (χ1n) is 8.42. The van der Waals surface area contributed by atoms with Gasteiger partial charge >= 0.3 is 0 Å². The Labute approximate surface area is 156 Å². The first-order chi connectivity index (χ1) is 12.6. The summed E-state index contributed by atoms with van der Waals surface area (Å²) in [6, 6.07) is 9.29. The number of hydrogen-bond donors (Lipinski definition) is 2. The smallest absolute Gasteiger partial charge is 0.178 e. The SMILES string of the molecule is OC(O)c1ccnc(-c2cn(CCN3Cc4ccc(Cl)cc4C3)cn2)c1. The molecule has 7 heteroatoms. The number of benzene rings is 1. The third-order valence-corrected chi connectivity index (χ3v) is 4.84. The third-order valence-electron chi connectivity index (χ3n) is 4.61. The Morgan fingerprint density at radius 3 is 2.69 bits per heavy atom. The van der Waals surface area contributed by atoms with Crippen LogP contribution in [0, 0.1) is 0 Å². The van der Waals surface area contributed by atoms with Crippen molar-refractivity contribution in [2.45, 2.75) is 25.9 Å². The number of hydrogen-bond acceptors (Lipinski definition) is 5. The standard InChI is InChI=1S/C19H19ClN4O2/c20-16-2-1-14-9-23(10-15(14)7-16)5-6-24-11-18(22-12-24)17-8-13(19(25)26)3-4-21-17/h1-4,7-8,11-12,19,25-26H,5-6,9-10H2. The highest BCUT2D eigenvalue weighted by atomic mass is 35.5. The largest absolute Gasteiger partial charge is 0.364 e. The molecule has 26 heavy (non-hydrogen) atoms. The molecule has 134 valence electrons. The number of halogens is 1. The third kappa shape index (κ3) is 3.64. The molecular formula is C19H19ClN4O2. The Kier molecular flexibility index (Phi) is 4.74. The van der Waals surface area contributed by atoms with Crippen LogP contribution in [0.4, 0.5) is 0 Å². The zero-order chi connectivity index (χ0) is 18.1. The van der Waals surface area contributed by atoms with Crippen molar-refractivity contribution < 1.29 is 10.2 Å². The van der Waals surface area contributed by atoms with Crippen LogP contribution in [0.3, 0.4) is 0 Å². The van der Waals surface area contributed by atoms with Gasteiger partial charge in [0.25, 0.3) is 0 Å². The van der Waals surface area contributed by atoms with Gasteiger partial charge in [0, 0.05) is 49.2 Å². The summed E-state index contributed by atoms with van der Waals surface area (Å²) in [5, 5.41) is 19.4. The fourth-order valence-electron chi connectivity index (χ4n) is 3.21. The second-order valence-electron chi connectivity index (χ2n) is 6.47. The minimum atomic E-state index is -1.51. The lowest BCUT2D eigenvalue weighted by molar-refractivity contribution is -0.0425. The van der Waals surface area contributed by atoms with E-state index in [9.17, 15) is 10.2 Å². The first kappa shape index (κ1) is 17.2. The zero-order valence-electron chi connectivity index (χ0n) is 14.1. The molecule has 6 nitrogen and oxygen atoms in total. The van der Waals surface area contributed by atoms with Gasteiger partial charge in [0.1, 0.15) is 5.69 Å². The zero-order valence-corrected chi connectivity index (χ0v) is 14.8. The highest BCUT2D eigenvalue weighted by Crippen LogP contribution is 2.25. The van der Waals surface area contributed by atoms with E-state index in [-0.39, 0.29) is 0 Å². The average Bonchev–Trinajstić information content (AvgIpc) is 3.26. The number of aliphatic hydroxyl groups is 2. The van der Waals surface area contributed by atoms with E-state index < -0.39 is 6.29 Å². The molecule has 1 aromatic carbocycles. The van der Waals surface area contributed by atoms with E-state index in [0.29, 0.717) is 17.0 Å². The van der Waals surface area contributed by atoms with Gasteiger partial charge in [0.15, 0.2) is 6.29 Å². The molecule has 0 saturated carbocycles. The molecule has 0 amide bonds. The number of nitrogens with zero attached hydrogens (tertiary/aromatic N) is 4. The molecule has 1 aliphatic heterocycles. The van der Waals surface area contributed by atoms with Gasteiger partial charge in [-0.2, -0.15) is 0 Å². The van der Waals surface area contributed by atoms with Crippen LogP contribution in [0.2, 0.25) is 5.02 Å². The van der Waals surface area contributed by atoms with Gasteiger partial charge in [-0.1, -0.05) is 17.7 Å². The van der Waals surface area contributed by atoms with Crippen molar-refractivity contribution in [3.8, 4) is 11.4 Å². The lowest BCUT2D eigenvalue weighted by Gasteiger charge is -2.14. The van der Waals surface area contributed by atoms with Crippen LogP contribution >= 0.6 is 11.6 Å². The quantitative estimate of drug-likeness (QED) is 0.675. The fourth-order valence-corrected chi connectivity index (χ4v) is 3.41. The maximum atomic E-state index is 9.29. The monoisotopic (exact) mass is 370 g/mol. The maximum Gasteiger partial charge on any atom is 0.178 e. The average molecular weight is 371 g/mol. The molecule has 0 bridgehead atoms. The van der Waals surface area contributed by atoms with Gasteiger partial charge in [0.05, 0.1) is 12.0 Å². The molecule has 4 rings (SSSR count). The Morgan fingerprint density at radius 2 is 1.85 bits per heavy atom. The highest BCUT2D eigenvalue weighted by molar-refractivity contribution is 6.30. The Morgan fingerprint density at radius 1 is 1.00 bits per heavy atom. The molecule has 3 heterocycles. The van der Waals surface area contributed by atoms with Gasteiger partial charge in [-0.05, 0) is 35.4 Å². The first-order valence-corrected chi connectivity index (χ1v) is 8.80. The summed E-state index contributed by atoms with van der Waals surface area (Å²) in [5.41, 5.74) is 4.37. The lowest BCUT2D eigenvalue weighted by Crippen LogP contribution is -2.21. The van der Waals surface area contributed by atoms with Crippen LogP contribution in [-0.2, 0) is 19.6 Å². The molecule has 0 atom stereocenters. The van der Waals surface area contributed by atoms with E-state index >= 15 is 0 Å². The number of fused-ring (bicyclic) bond motifs is 1. The van der Waals surface area contributed by atoms with E-state index in [0.717, 1.165) is 31.2 Å². The van der Waals surface area contributed by atoms with Crippen molar-refractivity contribution in [1.82, 2.24) is 19.4 Å². The summed E-state index contributed by atoms with van der Waals surface area (Å²) in [5.74, 6) is 0. The minimum absolute atomic E-state index is 0.401. The van der Waals surface area contributed by atoms with Crippen LogP contribution < -0.4 is 0 Å². The molecule has 2 aromatic heterocycles. The highest BCUT2D eigenvalue weighted by Gasteiger charge is 2.18. The number of aliphatic hydroxyl groups excluding tert-OH is 1. The summed E-state index contributed by atoms with van der Waals surface area (Å²) < 4.78 is 2.02. The summed E-state index contributed by atoms with van der Waals surface area (Å²) in [6.07, 6.45) is 3.74. The molecular weight excluding hydrogens is 352 g/mol. The second kappa shape index (κ2) is 7.17. The summed E-state index contributed by atoms with van der Waals surface area (Å²) >= 11 is 6.07. The number of aromatic nitrogens is 3. The van der Waals surface area contributed by atoms with Crippen molar-refractivity contribution in [2.24, 2.45) is 0 Å². The van der Waals surface area contributed by atoms with Crippen molar-refractivity contribution in [3.05, 3.63) is 70.8 Å². The van der Waals surface area contributed by atoms with Crippen molar-refractivity contribution in [1.29, 1.82) is 0 Å². The minimum Gasteiger partial charge on any atom is -0.364 e. The number of rotatable bonds is 5. The molecule has 0 unspecified atom stereocenters. The van der Waals surface area contributed by atoms with Gasteiger partial charge in [0.2, 0.25) is 0 Å². The van der Waals surface area contributed by atoms with E-state index in [4.69, 9.17) is 11.6 Å². The van der Waals surface area contributed by atoms with Gasteiger partial charge in [-0.3, -0.25) is 9.88 Å². The summed E-state index contributed by atoms with van der Waals surface area (Å²) in [4.78, 5) is 11.0.